The van der Waals surface area contributed by atoms with Crippen molar-refractivity contribution < 1.29 is 9.59 Å². The lowest BCUT2D eigenvalue weighted by Crippen LogP contribution is -2.50. The van der Waals surface area contributed by atoms with E-state index in [0.717, 1.165) is 17.5 Å². The third-order valence-electron chi connectivity index (χ3n) is 5.96. The Morgan fingerprint density at radius 2 is 1.54 bits per heavy atom. The number of nitrogens with zero attached hydrogens (tertiary/aromatic N) is 1. The van der Waals surface area contributed by atoms with Gasteiger partial charge in [-0.2, -0.15) is 0 Å². The van der Waals surface area contributed by atoms with Gasteiger partial charge in [0.25, 0.3) is 0 Å². The van der Waals surface area contributed by atoms with Crippen LogP contribution in [-0.2, 0) is 29.0 Å². The van der Waals surface area contributed by atoms with Gasteiger partial charge in [-0.15, -0.1) is 0 Å². The number of nitrogens with one attached hydrogen (secondary N) is 1. The normalized spacial score (nSPS) is 11.7. The average Bonchev–Trinajstić information content (AvgIpc) is 2.86. The maximum atomic E-state index is 13.7. The molecule has 2 amide bonds. The summed E-state index contributed by atoms with van der Waals surface area (Å²) in [5.41, 5.74) is 3.87. The third kappa shape index (κ3) is 7.84. The molecule has 0 aromatic heterocycles. The fourth-order valence-electron chi connectivity index (χ4n) is 3.92. The van der Waals surface area contributed by atoms with E-state index >= 15 is 0 Å². The molecule has 35 heavy (non-hydrogen) atoms. The second kappa shape index (κ2) is 13.3. The highest BCUT2D eigenvalue weighted by Crippen LogP contribution is 2.27. The van der Waals surface area contributed by atoms with E-state index < -0.39 is 6.04 Å². The highest BCUT2D eigenvalue weighted by atomic mass is 35.5. The van der Waals surface area contributed by atoms with Crippen LogP contribution in [0.2, 0.25) is 10.0 Å². The number of rotatable bonds is 11. The summed E-state index contributed by atoms with van der Waals surface area (Å²) in [6.45, 7) is 4.73. The number of halogens is 2. The fraction of sp³-hybridized carbons (Fsp3) is 0.310. The molecule has 0 aliphatic rings. The van der Waals surface area contributed by atoms with Crippen molar-refractivity contribution in [2.24, 2.45) is 0 Å². The minimum atomic E-state index is -0.693. The monoisotopic (exact) mass is 510 g/mol. The van der Waals surface area contributed by atoms with Crippen LogP contribution < -0.4 is 5.32 Å². The first-order chi connectivity index (χ1) is 16.9. The number of amides is 2. The van der Waals surface area contributed by atoms with E-state index in [0.29, 0.717) is 35.0 Å². The largest absolute Gasteiger partial charge is 0.354 e. The van der Waals surface area contributed by atoms with Crippen molar-refractivity contribution in [1.82, 2.24) is 10.2 Å². The molecule has 0 saturated carbocycles. The molecule has 184 valence electrons. The molecule has 3 aromatic rings. The number of benzene rings is 3. The molecule has 0 aliphatic carbocycles. The summed E-state index contributed by atoms with van der Waals surface area (Å²) >= 11 is 12.9. The Hall–Kier alpha value is -2.82. The molecule has 0 fully saturated rings. The van der Waals surface area contributed by atoms with Crippen LogP contribution in [0.1, 0.15) is 42.0 Å². The van der Waals surface area contributed by atoms with E-state index in [1.165, 1.54) is 5.56 Å². The quantitative estimate of drug-likeness (QED) is 0.324. The van der Waals surface area contributed by atoms with Crippen molar-refractivity contribution in [3.05, 3.63) is 105 Å². The smallest absolute Gasteiger partial charge is 0.243 e. The van der Waals surface area contributed by atoms with Crippen molar-refractivity contribution in [3.8, 4) is 0 Å². The first-order valence-electron chi connectivity index (χ1n) is 12.0. The van der Waals surface area contributed by atoms with Crippen molar-refractivity contribution >= 4 is 35.0 Å². The zero-order chi connectivity index (χ0) is 25.2. The van der Waals surface area contributed by atoms with Gasteiger partial charge in [0.15, 0.2) is 0 Å². The second-order valence-electron chi connectivity index (χ2n) is 8.70. The molecule has 0 spiro atoms. The van der Waals surface area contributed by atoms with Crippen LogP contribution in [0, 0.1) is 6.92 Å². The minimum Gasteiger partial charge on any atom is -0.354 e. The predicted molar refractivity (Wildman–Crippen MR) is 144 cm³/mol. The summed E-state index contributed by atoms with van der Waals surface area (Å²) in [4.78, 5) is 28.7. The lowest BCUT2D eigenvalue weighted by atomic mass is 10.0. The number of hydrogen-bond acceptors (Lipinski definition) is 2. The molecule has 0 aliphatic heterocycles. The molecule has 4 nitrogen and oxygen atoms in total. The predicted octanol–water partition coefficient (Wildman–Crippen LogP) is 6.40. The van der Waals surface area contributed by atoms with E-state index in [1.807, 2.05) is 68.4 Å². The van der Waals surface area contributed by atoms with Crippen LogP contribution in [0.4, 0.5) is 0 Å². The molecule has 3 rings (SSSR count). The first kappa shape index (κ1) is 26.8. The summed E-state index contributed by atoms with van der Waals surface area (Å²) in [7, 11) is 0. The zero-order valence-electron chi connectivity index (χ0n) is 20.3. The highest BCUT2D eigenvalue weighted by molar-refractivity contribution is 6.36. The summed E-state index contributed by atoms with van der Waals surface area (Å²) in [5, 5.41) is 3.93. The molecule has 0 unspecified atom stereocenters. The molecule has 0 radical (unpaired) electrons. The minimum absolute atomic E-state index is 0.117. The Kier molecular flexibility index (Phi) is 10.2. The Balaban J connectivity index is 1.93. The van der Waals surface area contributed by atoms with Crippen LogP contribution in [0.5, 0.6) is 0 Å². The molecule has 0 bridgehead atoms. The first-order valence-corrected chi connectivity index (χ1v) is 12.7. The van der Waals surface area contributed by atoms with Gasteiger partial charge in [0.1, 0.15) is 6.04 Å². The van der Waals surface area contributed by atoms with Crippen molar-refractivity contribution in [1.29, 1.82) is 0 Å². The van der Waals surface area contributed by atoms with Crippen molar-refractivity contribution in [2.45, 2.75) is 52.1 Å². The van der Waals surface area contributed by atoms with E-state index in [-0.39, 0.29) is 24.8 Å². The van der Waals surface area contributed by atoms with E-state index in [4.69, 9.17) is 23.2 Å². The van der Waals surface area contributed by atoms with Crippen LogP contribution in [0.25, 0.3) is 0 Å². The van der Waals surface area contributed by atoms with E-state index in [1.54, 1.807) is 23.1 Å². The van der Waals surface area contributed by atoms with Gasteiger partial charge in [-0.25, -0.2) is 0 Å². The topological polar surface area (TPSA) is 49.4 Å². The van der Waals surface area contributed by atoms with Gasteiger partial charge >= 0.3 is 0 Å². The Morgan fingerprint density at radius 3 is 2.17 bits per heavy atom. The standard InChI is InChI=1S/C29H32Cl2N2O2/c1-3-18-32-29(35)27(19-23-8-5-4-6-9-23)33(20-24-25(30)10-7-11-26(24)31)28(34)17-16-22-14-12-21(2)13-15-22/h4-15,27H,3,16-20H2,1-2H3,(H,32,35)/t27-/m0/s1. The lowest BCUT2D eigenvalue weighted by Gasteiger charge is -2.32. The average molecular weight is 511 g/mol. The van der Waals surface area contributed by atoms with Crippen molar-refractivity contribution in [2.75, 3.05) is 6.54 Å². The molecule has 3 aromatic carbocycles. The molecule has 0 heterocycles. The summed E-state index contributed by atoms with van der Waals surface area (Å²) < 4.78 is 0. The van der Waals surface area contributed by atoms with Crippen LogP contribution in [0.15, 0.2) is 72.8 Å². The lowest BCUT2D eigenvalue weighted by molar-refractivity contribution is -0.141. The van der Waals surface area contributed by atoms with Crippen molar-refractivity contribution in [3.63, 3.8) is 0 Å². The zero-order valence-corrected chi connectivity index (χ0v) is 21.8. The summed E-state index contributed by atoms with van der Waals surface area (Å²) in [5.74, 6) is -0.295. The molecule has 1 N–H and O–H groups in total. The Bertz CT molecular complexity index is 1100. The SMILES string of the molecule is CCCNC(=O)[C@H](Cc1ccccc1)N(Cc1c(Cl)cccc1Cl)C(=O)CCc1ccc(C)cc1. The van der Waals surface area contributed by atoms with Crippen LogP contribution in [-0.4, -0.2) is 29.3 Å². The summed E-state index contributed by atoms with van der Waals surface area (Å²) in [6, 6.07) is 22.5. The van der Waals surface area contributed by atoms with Gasteiger partial charge in [-0.3, -0.25) is 9.59 Å². The van der Waals surface area contributed by atoms with Gasteiger partial charge in [0, 0.05) is 41.5 Å². The van der Waals surface area contributed by atoms with E-state index in [9.17, 15) is 9.59 Å². The van der Waals surface area contributed by atoms with Gasteiger partial charge in [0.05, 0.1) is 0 Å². The number of carbonyl (C=O) groups is 2. The molecule has 6 heteroatoms. The fourth-order valence-corrected chi connectivity index (χ4v) is 4.44. The molecular formula is C29H32Cl2N2O2. The van der Waals surface area contributed by atoms with Crippen LogP contribution in [0.3, 0.4) is 0 Å². The number of carbonyl (C=O) groups excluding carboxylic acids is 2. The number of aryl methyl sites for hydroxylation is 2. The van der Waals surface area contributed by atoms with E-state index in [2.05, 4.69) is 5.32 Å². The third-order valence-corrected chi connectivity index (χ3v) is 6.67. The van der Waals surface area contributed by atoms with Gasteiger partial charge in [-0.1, -0.05) is 96.4 Å². The molecular weight excluding hydrogens is 479 g/mol. The van der Waals surface area contributed by atoms with Gasteiger partial charge in [0.2, 0.25) is 11.8 Å². The molecule has 1 atom stereocenters. The summed E-state index contributed by atoms with van der Waals surface area (Å²) in [6.07, 6.45) is 2.06. The maximum absolute atomic E-state index is 13.7. The highest BCUT2D eigenvalue weighted by Gasteiger charge is 2.31. The van der Waals surface area contributed by atoms with Gasteiger partial charge in [-0.05, 0) is 43.0 Å². The molecule has 0 saturated heterocycles. The Morgan fingerprint density at radius 1 is 0.886 bits per heavy atom. The maximum Gasteiger partial charge on any atom is 0.243 e. The second-order valence-corrected chi connectivity index (χ2v) is 9.52. The van der Waals surface area contributed by atoms with Crippen LogP contribution >= 0.6 is 23.2 Å². The number of hydrogen-bond donors (Lipinski definition) is 1. The Labute approximate surface area is 218 Å². The van der Waals surface area contributed by atoms with Gasteiger partial charge < -0.3 is 10.2 Å².